The fourth-order valence-corrected chi connectivity index (χ4v) is 2.43. The Morgan fingerprint density at radius 3 is 2.58 bits per heavy atom. The highest BCUT2D eigenvalue weighted by Gasteiger charge is 2.24. The zero-order valence-electron chi connectivity index (χ0n) is 11.6. The van der Waals surface area contributed by atoms with E-state index in [2.05, 4.69) is 18.7 Å². The maximum absolute atomic E-state index is 12.2. The number of piperazine rings is 1. The smallest absolute Gasteiger partial charge is 0.258 e. The maximum atomic E-state index is 12.2. The van der Waals surface area contributed by atoms with Crippen LogP contribution in [-0.2, 0) is 0 Å². The minimum absolute atomic E-state index is 0.0257. The number of nitrogens with zero attached hydrogens (tertiary/aromatic N) is 2. The number of hydrogen-bond acceptors (Lipinski definition) is 3. The fraction of sp³-hybridized carbons (Fsp3) is 0.643. The molecule has 0 N–H and O–H groups in total. The zero-order valence-corrected chi connectivity index (χ0v) is 12.3. The lowest BCUT2D eigenvalue weighted by Gasteiger charge is -2.34. The Morgan fingerprint density at radius 2 is 2.05 bits per heavy atom. The molecule has 0 unspecified atom stereocenters. The number of amides is 1. The summed E-state index contributed by atoms with van der Waals surface area (Å²) in [6.45, 7) is 8.99. The Morgan fingerprint density at radius 1 is 1.37 bits per heavy atom. The monoisotopic (exact) mass is 284 g/mol. The van der Waals surface area contributed by atoms with E-state index in [0.29, 0.717) is 5.56 Å². The van der Waals surface area contributed by atoms with Crippen LogP contribution in [0.2, 0.25) is 5.22 Å². The van der Waals surface area contributed by atoms with Crippen molar-refractivity contribution < 1.29 is 9.21 Å². The third kappa shape index (κ3) is 3.74. The molecule has 0 aromatic carbocycles. The van der Waals surface area contributed by atoms with E-state index in [1.54, 1.807) is 6.07 Å². The van der Waals surface area contributed by atoms with Crippen LogP contribution in [0.5, 0.6) is 0 Å². The van der Waals surface area contributed by atoms with Gasteiger partial charge in [0, 0.05) is 26.2 Å². The summed E-state index contributed by atoms with van der Waals surface area (Å²) in [5.74, 6) is 0.701. The lowest BCUT2D eigenvalue weighted by Crippen LogP contribution is -2.48. The van der Waals surface area contributed by atoms with E-state index in [9.17, 15) is 4.79 Å². The maximum Gasteiger partial charge on any atom is 0.258 e. The second-order valence-corrected chi connectivity index (χ2v) is 5.77. The lowest BCUT2D eigenvalue weighted by molar-refractivity contribution is 0.0631. The van der Waals surface area contributed by atoms with Crippen LogP contribution in [0.25, 0.3) is 0 Å². The quantitative estimate of drug-likeness (QED) is 0.853. The molecule has 0 aliphatic carbocycles. The van der Waals surface area contributed by atoms with Crippen LogP contribution in [0, 0.1) is 5.92 Å². The summed E-state index contributed by atoms with van der Waals surface area (Å²) in [6.07, 6.45) is 2.66. The highest BCUT2D eigenvalue weighted by atomic mass is 35.5. The van der Waals surface area contributed by atoms with Crippen LogP contribution in [0.4, 0.5) is 0 Å². The van der Waals surface area contributed by atoms with Crippen molar-refractivity contribution in [2.45, 2.75) is 20.3 Å². The van der Waals surface area contributed by atoms with E-state index >= 15 is 0 Å². The highest BCUT2D eigenvalue weighted by Crippen LogP contribution is 2.19. The van der Waals surface area contributed by atoms with Crippen molar-refractivity contribution in [3.63, 3.8) is 0 Å². The third-order valence-corrected chi connectivity index (χ3v) is 3.82. The number of halogens is 1. The minimum Gasteiger partial charge on any atom is -0.452 e. The molecule has 1 amide bonds. The van der Waals surface area contributed by atoms with Gasteiger partial charge in [0.05, 0.1) is 11.8 Å². The van der Waals surface area contributed by atoms with Crippen molar-refractivity contribution in [2.24, 2.45) is 5.92 Å². The molecule has 4 nitrogen and oxygen atoms in total. The van der Waals surface area contributed by atoms with Gasteiger partial charge in [-0.15, -0.1) is 0 Å². The predicted molar refractivity (Wildman–Crippen MR) is 75.5 cm³/mol. The van der Waals surface area contributed by atoms with Crippen molar-refractivity contribution in [1.29, 1.82) is 0 Å². The van der Waals surface area contributed by atoms with Gasteiger partial charge in [0.25, 0.3) is 5.91 Å². The molecule has 0 radical (unpaired) electrons. The summed E-state index contributed by atoms with van der Waals surface area (Å²) in [7, 11) is 0. The molecule has 0 bridgehead atoms. The molecule has 5 heteroatoms. The van der Waals surface area contributed by atoms with Crippen LogP contribution in [0.1, 0.15) is 30.6 Å². The Bertz CT molecular complexity index is 423. The molecule has 19 heavy (non-hydrogen) atoms. The Balaban J connectivity index is 1.83. The molecule has 0 spiro atoms. The normalized spacial score (nSPS) is 17.2. The van der Waals surface area contributed by atoms with Gasteiger partial charge in [-0.2, -0.15) is 0 Å². The fourth-order valence-electron chi connectivity index (χ4n) is 2.23. The first-order chi connectivity index (χ1) is 9.08. The molecule has 1 aliphatic heterocycles. The van der Waals surface area contributed by atoms with E-state index in [0.717, 1.165) is 38.6 Å². The van der Waals surface area contributed by atoms with E-state index < -0.39 is 0 Å². The highest BCUT2D eigenvalue weighted by molar-refractivity contribution is 6.32. The number of rotatable bonds is 4. The summed E-state index contributed by atoms with van der Waals surface area (Å²) in [5.41, 5.74) is 0.470. The molecule has 1 aromatic rings. The first kappa shape index (κ1) is 14.4. The number of carbonyl (C=O) groups is 1. The first-order valence-electron chi connectivity index (χ1n) is 6.82. The first-order valence-corrected chi connectivity index (χ1v) is 7.20. The van der Waals surface area contributed by atoms with Crippen molar-refractivity contribution in [3.8, 4) is 0 Å². The largest absolute Gasteiger partial charge is 0.452 e. The molecule has 0 saturated carbocycles. The molecule has 1 fully saturated rings. The number of carbonyl (C=O) groups excluding carboxylic acids is 1. The van der Waals surface area contributed by atoms with Gasteiger partial charge in [-0.05, 0) is 36.6 Å². The van der Waals surface area contributed by atoms with Gasteiger partial charge in [-0.25, -0.2) is 0 Å². The third-order valence-electron chi connectivity index (χ3n) is 3.53. The Hall–Kier alpha value is -1.00. The van der Waals surface area contributed by atoms with Crippen molar-refractivity contribution in [2.75, 3.05) is 32.7 Å². The van der Waals surface area contributed by atoms with Gasteiger partial charge in [-0.1, -0.05) is 13.8 Å². The summed E-state index contributed by atoms with van der Waals surface area (Å²) in [6, 6.07) is 1.63. The molecule has 1 aliphatic rings. The number of hydrogen-bond donors (Lipinski definition) is 0. The zero-order chi connectivity index (χ0) is 13.8. The van der Waals surface area contributed by atoms with Crippen molar-refractivity contribution in [1.82, 2.24) is 9.80 Å². The molecule has 1 saturated heterocycles. The van der Waals surface area contributed by atoms with Gasteiger partial charge in [0.2, 0.25) is 5.22 Å². The van der Waals surface area contributed by atoms with Crippen LogP contribution in [0.3, 0.4) is 0 Å². The Labute approximate surface area is 119 Å². The predicted octanol–water partition coefficient (Wildman–Crippen LogP) is 2.74. The van der Waals surface area contributed by atoms with Crippen LogP contribution >= 0.6 is 11.6 Å². The van der Waals surface area contributed by atoms with Crippen LogP contribution < -0.4 is 0 Å². The average Bonchev–Trinajstić information content (AvgIpc) is 2.82. The molecule has 2 heterocycles. The Kier molecular flexibility index (Phi) is 4.88. The van der Waals surface area contributed by atoms with E-state index in [4.69, 9.17) is 16.0 Å². The summed E-state index contributed by atoms with van der Waals surface area (Å²) in [4.78, 5) is 16.5. The van der Waals surface area contributed by atoms with Crippen LogP contribution in [-0.4, -0.2) is 48.4 Å². The van der Waals surface area contributed by atoms with Gasteiger partial charge in [-0.3, -0.25) is 9.69 Å². The molecule has 106 valence electrons. The summed E-state index contributed by atoms with van der Waals surface area (Å²) < 4.78 is 4.97. The second kappa shape index (κ2) is 6.44. The SMILES string of the molecule is CC(C)CCN1CCN(C(=O)c2ccoc2Cl)CC1. The van der Waals surface area contributed by atoms with Gasteiger partial charge in [0.1, 0.15) is 0 Å². The molecular weight excluding hydrogens is 264 g/mol. The summed E-state index contributed by atoms with van der Waals surface area (Å²) in [5, 5.41) is 0.187. The lowest BCUT2D eigenvalue weighted by atomic mass is 10.1. The van der Waals surface area contributed by atoms with E-state index in [1.807, 2.05) is 4.90 Å². The van der Waals surface area contributed by atoms with Crippen molar-refractivity contribution in [3.05, 3.63) is 23.1 Å². The topological polar surface area (TPSA) is 36.7 Å². The van der Waals surface area contributed by atoms with E-state index in [-0.39, 0.29) is 11.1 Å². The molecule has 2 rings (SSSR count). The molecular formula is C14H21ClN2O2. The number of furan rings is 1. The van der Waals surface area contributed by atoms with Gasteiger partial charge in [0.15, 0.2) is 0 Å². The van der Waals surface area contributed by atoms with Crippen LogP contribution in [0.15, 0.2) is 16.7 Å². The average molecular weight is 285 g/mol. The molecule has 1 aromatic heterocycles. The standard InChI is InChI=1S/C14H21ClN2O2/c1-11(2)3-5-16-6-8-17(9-7-16)14(18)12-4-10-19-13(12)15/h4,10-11H,3,5-9H2,1-2H3. The summed E-state index contributed by atoms with van der Waals surface area (Å²) >= 11 is 5.84. The van der Waals surface area contributed by atoms with Gasteiger partial charge >= 0.3 is 0 Å². The molecule has 0 atom stereocenters. The van der Waals surface area contributed by atoms with Gasteiger partial charge < -0.3 is 9.32 Å². The van der Waals surface area contributed by atoms with Crippen molar-refractivity contribution >= 4 is 17.5 Å². The minimum atomic E-state index is -0.0257. The van der Waals surface area contributed by atoms with E-state index in [1.165, 1.54) is 12.7 Å². The second-order valence-electron chi connectivity index (χ2n) is 5.42.